The van der Waals surface area contributed by atoms with Gasteiger partial charge < -0.3 is 9.84 Å². The van der Waals surface area contributed by atoms with Crippen LogP contribution in [0.1, 0.15) is 53.7 Å². The van der Waals surface area contributed by atoms with Crippen molar-refractivity contribution in [3.8, 4) is 10.7 Å². The average Bonchev–Trinajstić information content (AvgIpc) is 3.52. The lowest BCUT2D eigenvalue weighted by atomic mass is 9.85. The molecule has 176 valence electrons. The Morgan fingerprint density at radius 2 is 2.15 bits per heavy atom. The van der Waals surface area contributed by atoms with Gasteiger partial charge in [-0.15, -0.1) is 22.7 Å². The SMILES string of the molecule is Cc1sc(-c2noc(C3CCC3)n2)cc1S(=O)(=O)N1CCCC(C(=O)NCc2cccs2)C1. The fourth-order valence-electron chi connectivity index (χ4n) is 4.23. The molecule has 0 spiro atoms. The molecule has 1 saturated heterocycles. The van der Waals surface area contributed by atoms with E-state index in [0.717, 1.165) is 17.7 Å². The summed E-state index contributed by atoms with van der Waals surface area (Å²) in [4.78, 5) is 19.9. The molecule has 1 amide bonds. The molecule has 5 rings (SSSR count). The van der Waals surface area contributed by atoms with Crippen LogP contribution in [0.5, 0.6) is 0 Å². The second-order valence-electron chi connectivity index (χ2n) is 8.61. The first-order valence-corrected chi connectivity index (χ1v) is 14.3. The van der Waals surface area contributed by atoms with Crippen LogP contribution in [0.2, 0.25) is 0 Å². The van der Waals surface area contributed by atoms with E-state index in [1.165, 1.54) is 22.1 Å². The number of hydrogen-bond acceptors (Lipinski definition) is 8. The van der Waals surface area contributed by atoms with Crippen LogP contribution in [0.25, 0.3) is 10.7 Å². The second kappa shape index (κ2) is 9.28. The van der Waals surface area contributed by atoms with Crippen LogP contribution in [-0.2, 0) is 21.4 Å². The average molecular weight is 507 g/mol. The Balaban J connectivity index is 1.29. The molecule has 0 bridgehead atoms. The minimum atomic E-state index is -3.73. The maximum atomic E-state index is 13.5. The van der Waals surface area contributed by atoms with Gasteiger partial charge in [0.2, 0.25) is 27.6 Å². The van der Waals surface area contributed by atoms with Crippen LogP contribution in [0, 0.1) is 12.8 Å². The van der Waals surface area contributed by atoms with Gasteiger partial charge in [-0.2, -0.15) is 9.29 Å². The third-order valence-corrected chi connectivity index (χ3v) is 10.4. The van der Waals surface area contributed by atoms with E-state index in [-0.39, 0.29) is 23.3 Å². The van der Waals surface area contributed by atoms with Gasteiger partial charge in [-0.1, -0.05) is 17.6 Å². The standard InChI is InChI=1S/C22H26N4O4S3/c1-14-19(11-18(32-14)20-24-22(30-25-20)15-5-2-6-15)33(28,29)26-9-3-7-16(13-26)21(27)23-12-17-8-4-10-31-17/h4,8,10-11,15-16H,2-3,5-7,9,12-13H2,1H3,(H,23,27). The van der Waals surface area contributed by atoms with Gasteiger partial charge in [0.1, 0.15) is 0 Å². The highest BCUT2D eigenvalue weighted by Gasteiger charge is 2.35. The fourth-order valence-corrected chi connectivity index (χ4v) is 7.89. The highest BCUT2D eigenvalue weighted by molar-refractivity contribution is 7.89. The van der Waals surface area contributed by atoms with Crippen molar-refractivity contribution >= 4 is 38.6 Å². The summed E-state index contributed by atoms with van der Waals surface area (Å²) in [7, 11) is -3.73. The van der Waals surface area contributed by atoms with E-state index in [2.05, 4.69) is 15.5 Å². The van der Waals surface area contributed by atoms with Crippen molar-refractivity contribution in [2.45, 2.75) is 56.4 Å². The maximum absolute atomic E-state index is 13.5. The number of sulfonamides is 1. The minimum Gasteiger partial charge on any atom is -0.351 e. The molecule has 0 radical (unpaired) electrons. The first-order chi connectivity index (χ1) is 15.9. The van der Waals surface area contributed by atoms with E-state index in [1.54, 1.807) is 24.3 Å². The third-order valence-electron chi connectivity index (χ3n) is 6.38. The zero-order valence-electron chi connectivity index (χ0n) is 18.3. The molecular weight excluding hydrogens is 480 g/mol. The summed E-state index contributed by atoms with van der Waals surface area (Å²) in [6, 6.07) is 5.56. The molecule has 1 saturated carbocycles. The van der Waals surface area contributed by atoms with Gasteiger partial charge in [0.15, 0.2) is 0 Å². The van der Waals surface area contributed by atoms with Gasteiger partial charge >= 0.3 is 0 Å². The molecule has 0 aromatic carbocycles. The van der Waals surface area contributed by atoms with Gasteiger partial charge in [0.25, 0.3) is 0 Å². The molecule has 2 fully saturated rings. The molecule has 4 heterocycles. The zero-order valence-corrected chi connectivity index (χ0v) is 20.8. The number of hydrogen-bond donors (Lipinski definition) is 1. The van der Waals surface area contributed by atoms with E-state index >= 15 is 0 Å². The molecule has 1 atom stereocenters. The summed E-state index contributed by atoms with van der Waals surface area (Å²) in [6.45, 7) is 2.87. The van der Waals surface area contributed by atoms with Crippen LogP contribution >= 0.6 is 22.7 Å². The van der Waals surface area contributed by atoms with Crippen LogP contribution in [0.3, 0.4) is 0 Å². The monoisotopic (exact) mass is 506 g/mol. The van der Waals surface area contributed by atoms with Gasteiger partial charge in [0.05, 0.1) is 22.2 Å². The number of piperidine rings is 1. The first kappa shape index (κ1) is 22.7. The summed E-state index contributed by atoms with van der Waals surface area (Å²) < 4.78 is 33.8. The first-order valence-electron chi connectivity index (χ1n) is 11.2. The van der Waals surface area contributed by atoms with Crippen molar-refractivity contribution < 1.29 is 17.7 Å². The smallest absolute Gasteiger partial charge is 0.244 e. The van der Waals surface area contributed by atoms with Crippen molar-refractivity contribution in [3.63, 3.8) is 0 Å². The Kier molecular flexibility index (Phi) is 6.39. The molecular formula is C22H26N4O4S3. The maximum Gasteiger partial charge on any atom is 0.244 e. The summed E-state index contributed by atoms with van der Waals surface area (Å²) in [5, 5.41) is 9.00. The van der Waals surface area contributed by atoms with Crippen LogP contribution in [0.4, 0.5) is 0 Å². The number of nitrogens with zero attached hydrogens (tertiary/aromatic N) is 3. The summed E-state index contributed by atoms with van der Waals surface area (Å²) in [5.74, 6) is 0.956. The van der Waals surface area contributed by atoms with E-state index in [1.807, 2.05) is 17.5 Å². The molecule has 8 nitrogen and oxygen atoms in total. The number of carbonyl (C=O) groups is 1. The predicted molar refractivity (Wildman–Crippen MR) is 127 cm³/mol. The molecule has 1 unspecified atom stereocenters. The minimum absolute atomic E-state index is 0.0960. The highest BCUT2D eigenvalue weighted by Crippen LogP contribution is 2.38. The molecule has 33 heavy (non-hydrogen) atoms. The highest BCUT2D eigenvalue weighted by atomic mass is 32.2. The Morgan fingerprint density at radius 1 is 1.30 bits per heavy atom. The van der Waals surface area contributed by atoms with E-state index in [9.17, 15) is 13.2 Å². The topological polar surface area (TPSA) is 105 Å². The number of aryl methyl sites for hydroxylation is 1. The van der Waals surface area contributed by atoms with Crippen LogP contribution in [0.15, 0.2) is 33.0 Å². The Labute approximate surface area is 201 Å². The Bertz CT molecular complexity index is 1230. The van der Waals surface area contributed by atoms with Gasteiger partial charge in [0, 0.05) is 28.8 Å². The van der Waals surface area contributed by atoms with Crippen molar-refractivity contribution in [3.05, 3.63) is 39.2 Å². The van der Waals surface area contributed by atoms with E-state index < -0.39 is 10.0 Å². The Hall–Kier alpha value is -2.08. The lowest BCUT2D eigenvalue weighted by Gasteiger charge is -2.31. The van der Waals surface area contributed by atoms with Crippen molar-refractivity contribution in [1.82, 2.24) is 19.8 Å². The quantitative estimate of drug-likeness (QED) is 0.516. The molecule has 1 N–H and O–H groups in total. The third kappa shape index (κ3) is 4.64. The van der Waals surface area contributed by atoms with Crippen LogP contribution in [-0.4, -0.2) is 41.9 Å². The molecule has 1 aliphatic heterocycles. The number of aromatic nitrogens is 2. The van der Waals surface area contributed by atoms with Crippen LogP contribution < -0.4 is 5.32 Å². The van der Waals surface area contributed by atoms with E-state index in [4.69, 9.17) is 4.52 Å². The van der Waals surface area contributed by atoms with Crippen molar-refractivity contribution in [2.75, 3.05) is 13.1 Å². The van der Waals surface area contributed by atoms with Gasteiger partial charge in [-0.05, 0) is 50.1 Å². The summed E-state index contributed by atoms with van der Waals surface area (Å²) in [6.07, 6.45) is 4.63. The molecule has 11 heteroatoms. The van der Waals surface area contributed by atoms with E-state index in [0.29, 0.717) is 53.3 Å². The molecule has 2 aliphatic rings. The summed E-state index contributed by atoms with van der Waals surface area (Å²) in [5.41, 5.74) is 0. The lowest BCUT2D eigenvalue weighted by molar-refractivity contribution is -0.126. The van der Waals surface area contributed by atoms with Crippen molar-refractivity contribution in [2.24, 2.45) is 5.92 Å². The molecule has 1 aliphatic carbocycles. The second-order valence-corrected chi connectivity index (χ2v) is 12.8. The molecule has 3 aromatic rings. The normalized spacial score (nSPS) is 20.0. The fraction of sp³-hybridized carbons (Fsp3) is 0.500. The number of amides is 1. The van der Waals surface area contributed by atoms with Crippen molar-refractivity contribution in [1.29, 1.82) is 0 Å². The van der Waals surface area contributed by atoms with Gasteiger partial charge in [-0.3, -0.25) is 4.79 Å². The number of thiophene rings is 2. The lowest BCUT2D eigenvalue weighted by Crippen LogP contribution is -2.45. The Morgan fingerprint density at radius 3 is 2.88 bits per heavy atom. The predicted octanol–water partition coefficient (Wildman–Crippen LogP) is 4.15. The summed E-state index contributed by atoms with van der Waals surface area (Å²) >= 11 is 2.94. The number of nitrogens with one attached hydrogen (secondary N) is 1. The van der Waals surface area contributed by atoms with Gasteiger partial charge in [-0.25, -0.2) is 8.42 Å². The molecule has 3 aromatic heterocycles. The zero-order chi connectivity index (χ0) is 23.0. The number of rotatable bonds is 7. The number of carbonyl (C=O) groups excluding carboxylic acids is 1. The largest absolute Gasteiger partial charge is 0.351 e.